The average Bonchev–Trinajstić information content (AvgIpc) is 2.17. The van der Waals surface area contributed by atoms with Gasteiger partial charge in [0.05, 0.1) is 11.5 Å². The van der Waals surface area contributed by atoms with Gasteiger partial charge in [-0.2, -0.15) is 5.26 Å². The first-order chi connectivity index (χ1) is 6.27. The fourth-order valence-electron chi connectivity index (χ4n) is 2.93. The lowest BCUT2D eigenvalue weighted by molar-refractivity contribution is -0.125. The van der Waals surface area contributed by atoms with Crippen molar-refractivity contribution in [2.75, 3.05) is 0 Å². The lowest BCUT2D eigenvalue weighted by atomic mass is 9.60. The molecule has 0 spiro atoms. The molecule has 0 saturated heterocycles. The third kappa shape index (κ3) is 1.37. The Labute approximate surface area is 78.9 Å². The van der Waals surface area contributed by atoms with Crippen LogP contribution < -0.4 is 0 Å². The molecule has 0 heterocycles. The summed E-state index contributed by atoms with van der Waals surface area (Å²) in [5.74, 6) is 0.823. The summed E-state index contributed by atoms with van der Waals surface area (Å²) >= 11 is 0. The van der Waals surface area contributed by atoms with Gasteiger partial charge in [-0.3, -0.25) is 4.79 Å². The number of hydrogen-bond acceptors (Lipinski definition) is 2. The van der Waals surface area contributed by atoms with Crippen LogP contribution in [-0.2, 0) is 4.79 Å². The summed E-state index contributed by atoms with van der Waals surface area (Å²) < 4.78 is 0. The molecule has 0 radical (unpaired) electrons. The molecule has 0 aromatic carbocycles. The van der Waals surface area contributed by atoms with Crippen molar-refractivity contribution >= 4 is 5.78 Å². The lowest BCUT2D eigenvalue weighted by Gasteiger charge is -2.41. The fraction of sp³-hybridized carbons (Fsp3) is 0.818. The Hall–Kier alpha value is -0.840. The molecule has 13 heavy (non-hydrogen) atoms. The quantitative estimate of drug-likeness (QED) is 0.570. The first kappa shape index (κ1) is 8.74. The van der Waals surface area contributed by atoms with Gasteiger partial charge >= 0.3 is 0 Å². The van der Waals surface area contributed by atoms with Gasteiger partial charge in [0.15, 0.2) is 0 Å². The van der Waals surface area contributed by atoms with Crippen molar-refractivity contribution in [3.8, 4) is 6.07 Å². The number of Topliss-reactive ketones (excluding diaryl/α,β-unsaturated/α-hetero) is 1. The van der Waals surface area contributed by atoms with E-state index in [0.717, 1.165) is 19.3 Å². The number of fused-ring (bicyclic) bond motifs is 1. The molecular formula is C11H15NO. The zero-order chi connectivity index (χ0) is 9.31. The van der Waals surface area contributed by atoms with Crippen molar-refractivity contribution in [3.63, 3.8) is 0 Å². The highest BCUT2D eigenvalue weighted by atomic mass is 16.1. The van der Waals surface area contributed by atoms with Gasteiger partial charge < -0.3 is 0 Å². The van der Waals surface area contributed by atoms with Gasteiger partial charge in [0.2, 0.25) is 0 Å². The second-order valence-corrected chi connectivity index (χ2v) is 4.46. The number of carbonyl (C=O) groups excluding carboxylic acids is 1. The van der Waals surface area contributed by atoms with Crippen LogP contribution in [0.1, 0.15) is 44.9 Å². The summed E-state index contributed by atoms with van der Waals surface area (Å²) in [4.78, 5) is 11.3. The molecule has 0 aliphatic heterocycles. The average molecular weight is 177 g/mol. The van der Waals surface area contributed by atoms with Gasteiger partial charge in [-0.15, -0.1) is 0 Å². The molecular weight excluding hydrogens is 162 g/mol. The zero-order valence-electron chi connectivity index (χ0n) is 7.88. The van der Waals surface area contributed by atoms with Crippen molar-refractivity contribution in [1.29, 1.82) is 5.26 Å². The molecule has 2 fully saturated rings. The maximum absolute atomic E-state index is 11.3. The molecule has 2 nitrogen and oxygen atoms in total. The molecule has 0 N–H and O–H groups in total. The maximum Gasteiger partial charge on any atom is 0.134 e. The smallest absolute Gasteiger partial charge is 0.134 e. The van der Waals surface area contributed by atoms with Crippen LogP contribution in [0.5, 0.6) is 0 Å². The molecule has 0 unspecified atom stereocenters. The van der Waals surface area contributed by atoms with E-state index in [2.05, 4.69) is 6.07 Å². The summed E-state index contributed by atoms with van der Waals surface area (Å²) in [7, 11) is 0. The summed E-state index contributed by atoms with van der Waals surface area (Å²) in [5.41, 5.74) is -0.256. The van der Waals surface area contributed by atoms with Crippen LogP contribution in [0.3, 0.4) is 0 Å². The van der Waals surface area contributed by atoms with E-state index in [-0.39, 0.29) is 5.41 Å². The van der Waals surface area contributed by atoms with Crippen LogP contribution in [0, 0.1) is 22.7 Å². The standard InChI is InChI=1S/C11H15NO/c12-8-11-6-2-1-3-9(11)4-5-10(13)7-11/h9H,1-7H2/t9-,11-/m1/s1. The maximum atomic E-state index is 11.3. The minimum Gasteiger partial charge on any atom is -0.300 e. The Morgan fingerprint density at radius 2 is 2.23 bits per heavy atom. The first-order valence-corrected chi connectivity index (χ1v) is 5.20. The number of carbonyl (C=O) groups is 1. The second-order valence-electron chi connectivity index (χ2n) is 4.46. The minimum absolute atomic E-state index is 0.256. The third-order valence-electron chi connectivity index (χ3n) is 3.71. The largest absolute Gasteiger partial charge is 0.300 e. The molecule has 2 aliphatic rings. The summed E-state index contributed by atoms with van der Waals surface area (Å²) in [6, 6.07) is 2.43. The van der Waals surface area contributed by atoms with Crippen LogP contribution in [0.15, 0.2) is 0 Å². The van der Waals surface area contributed by atoms with Crippen LogP contribution in [-0.4, -0.2) is 5.78 Å². The number of nitrogens with zero attached hydrogens (tertiary/aromatic N) is 1. The van der Waals surface area contributed by atoms with Crippen molar-refractivity contribution < 1.29 is 4.79 Å². The molecule has 2 aliphatic carbocycles. The Morgan fingerprint density at radius 1 is 1.38 bits per heavy atom. The van der Waals surface area contributed by atoms with Crippen LogP contribution in [0.2, 0.25) is 0 Å². The predicted octanol–water partition coefficient (Wildman–Crippen LogP) is 2.44. The topological polar surface area (TPSA) is 40.9 Å². The highest BCUT2D eigenvalue weighted by Gasteiger charge is 2.45. The van der Waals surface area contributed by atoms with Gasteiger partial charge in [0.1, 0.15) is 5.78 Å². The molecule has 0 amide bonds. The molecule has 0 aromatic heterocycles. The molecule has 0 bridgehead atoms. The third-order valence-corrected chi connectivity index (χ3v) is 3.71. The Kier molecular flexibility index (Phi) is 2.11. The number of ketones is 1. The van der Waals surface area contributed by atoms with E-state index in [1.807, 2.05) is 0 Å². The van der Waals surface area contributed by atoms with E-state index in [4.69, 9.17) is 0 Å². The highest BCUT2D eigenvalue weighted by molar-refractivity contribution is 5.80. The van der Waals surface area contributed by atoms with Crippen molar-refractivity contribution in [3.05, 3.63) is 0 Å². The van der Waals surface area contributed by atoms with Crippen LogP contribution >= 0.6 is 0 Å². The lowest BCUT2D eigenvalue weighted by Crippen LogP contribution is -2.38. The normalized spacial score (nSPS) is 39.3. The summed E-state index contributed by atoms with van der Waals surface area (Å²) in [5, 5.41) is 9.19. The molecule has 0 aromatic rings. The van der Waals surface area contributed by atoms with E-state index in [1.165, 1.54) is 12.8 Å². The van der Waals surface area contributed by atoms with E-state index in [0.29, 0.717) is 24.5 Å². The molecule has 70 valence electrons. The fourth-order valence-corrected chi connectivity index (χ4v) is 2.93. The number of hydrogen-bond donors (Lipinski definition) is 0. The number of nitriles is 1. The second kappa shape index (κ2) is 3.14. The van der Waals surface area contributed by atoms with E-state index in [1.54, 1.807) is 0 Å². The molecule has 2 saturated carbocycles. The van der Waals surface area contributed by atoms with Crippen molar-refractivity contribution in [2.45, 2.75) is 44.9 Å². The van der Waals surface area contributed by atoms with Crippen molar-refractivity contribution in [1.82, 2.24) is 0 Å². The SMILES string of the molecule is N#C[C@]12CCCC[C@@H]1CCC(=O)C2. The monoisotopic (exact) mass is 177 g/mol. The highest BCUT2D eigenvalue weighted by Crippen LogP contribution is 2.48. The van der Waals surface area contributed by atoms with Crippen LogP contribution in [0.25, 0.3) is 0 Å². The number of rotatable bonds is 0. The van der Waals surface area contributed by atoms with E-state index in [9.17, 15) is 10.1 Å². The summed E-state index contributed by atoms with van der Waals surface area (Å²) in [6.07, 6.45) is 6.73. The van der Waals surface area contributed by atoms with Gasteiger partial charge in [0, 0.05) is 12.8 Å². The van der Waals surface area contributed by atoms with Gasteiger partial charge in [-0.25, -0.2) is 0 Å². The van der Waals surface area contributed by atoms with Crippen molar-refractivity contribution in [2.24, 2.45) is 11.3 Å². The Bertz CT molecular complexity index is 266. The van der Waals surface area contributed by atoms with E-state index >= 15 is 0 Å². The minimum atomic E-state index is -0.256. The summed E-state index contributed by atoms with van der Waals surface area (Å²) in [6.45, 7) is 0. The Morgan fingerprint density at radius 3 is 3.00 bits per heavy atom. The van der Waals surface area contributed by atoms with Gasteiger partial charge in [-0.05, 0) is 25.2 Å². The first-order valence-electron chi connectivity index (χ1n) is 5.20. The zero-order valence-corrected chi connectivity index (χ0v) is 7.88. The Balaban J connectivity index is 2.22. The molecule has 2 rings (SSSR count). The van der Waals surface area contributed by atoms with Crippen LogP contribution in [0.4, 0.5) is 0 Å². The molecule has 2 heteroatoms. The predicted molar refractivity (Wildman–Crippen MR) is 48.9 cm³/mol. The van der Waals surface area contributed by atoms with Gasteiger partial charge in [0.25, 0.3) is 0 Å². The van der Waals surface area contributed by atoms with Gasteiger partial charge in [-0.1, -0.05) is 12.8 Å². The van der Waals surface area contributed by atoms with E-state index < -0.39 is 0 Å². The molecule has 2 atom stereocenters.